The van der Waals surface area contributed by atoms with Crippen molar-refractivity contribution in [2.45, 2.75) is 6.18 Å². The van der Waals surface area contributed by atoms with Gasteiger partial charge in [-0.1, -0.05) is 12.1 Å². The molecule has 0 aliphatic rings. The Morgan fingerprint density at radius 2 is 1.92 bits per heavy atom. The van der Waals surface area contributed by atoms with E-state index in [1.54, 1.807) is 30.6 Å². The molecule has 0 aliphatic carbocycles. The smallest absolute Gasteiger partial charge is 0.261 e. The number of aromatic amines is 1. The third-order valence-electron chi connectivity index (χ3n) is 3.75. The van der Waals surface area contributed by atoms with Crippen LogP contribution in [-0.4, -0.2) is 25.1 Å². The zero-order valence-electron chi connectivity index (χ0n) is 12.6. The first-order chi connectivity index (χ1) is 12.0. The molecule has 124 valence electrons. The lowest BCUT2D eigenvalue weighted by molar-refractivity contribution is -0.137. The average molecular weight is 341 g/mol. The molecule has 0 aliphatic heterocycles. The van der Waals surface area contributed by atoms with Crippen molar-refractivity contribution in [3.8, 4) is 22.5 Å². The molecule has 3 aromatic heterocycles. The van der Waals surface area contributed by atoms with Crippen molar-refractivity contribution in [2.24, 2.45) is 0 Å². The van der Waals surface area contributed by atoms with Crippen molar-refractivity contribution < 1.29 is 13.2 Å². The molecule has 0 radical (unpaired) electrons. The molecular weight excluding hydrogens is 331 g/mol. The van der Waals surface area contributed by atoms with E-state index in [2.05, 4.69) is 25.1 Å². The van der Waals surface area contributed by atoms with Gasteiger partial charge in [0.25, 0.3) is 0 Å². The Bertz CT molecular complexity index is 1040. The summed E-state index contributed by atoms with van der Waals surface area (Å²) < 4.78 is 39.2. The number of aromatic nitrogens is 5. The molecule has 3 heterocycles. The van der Waals surface area contributed by atoms with Crippen LogP contribution >= 0.6 is 0 Å². The first-order valence-electron chi connectivity index (χ1n) is 7.30. The minimum atomic E-state index is -4.43. The summed E-state index contributed by atoms with van der Waals surface area (Å²) >= 11 is 0. The predicted molar refractivity (Wildman–Crippen MR) is 85.4 cm³/mol. The van der Waals surface area contributed by atoms with Gasteiger partial charge < -0.3 is 0 Å². The number of pyridine rings is 1. The molecule has 0 fully saturated rings. The fraction of sp³-hybridized carbons (Fsp3) is 0.0588. The van der Waals surface area contributed by atoms with E-state index in [9.17, 15) is 13.2 Å². The Morgan fingerprint density at radius 3 is 2.68 bits per heavy atom. The van der Waals surface area contributed by atoms with Crippen LogP contribution in [0.25, 0.3) is 33.5 Å². The monoisotopic (exact) mass is 341 g/mol. The third kappa shape index (κ3) is 2.82. The Labute approximate surface area is 139 Å². The summed E-state index contributed by atoms with van der Waals surface area (Å²) in [6, 6.07) is 8.53. The maximum absolute atomic E-state index is 13.1. The quantitative estimate of drug-likeness (QED) is 0.596. The van der Waals surface area contributed by atoms with Crippen LogP contribution in [0.4, 0.5) is 13.2 Å². The lowest BCUT2D eigenvalue weighted by Crippen LogP contribution is -2.05. The van der Waals surface area contributed by atoms with E-state index in [4.69, 9.17) is 0 Å². The number of nitrogens with zero attached hydrogens (tertiary/aromatic N) is 4. The Morgan fingerprint density at radius 1 is 1.04 bits per heavy atom. The number of H-pyrrole nitrogens is 1. The minimum absolute atomic E-state index is 0.347. The van der Waals surface area contributed by atoms with Crippen molar-refractivity contribution in [3.63, 3.8) is 0 Å². The molecule has 1 N–H and O–H groups in total. The second-order valence-electron chi connectivity index (χ2n) is 5.37. The second-order valence-corrected chi connectivity index (χ2v) is 5.37. The standard InChI is InChI=1S/C17H10F3N5/c18-17(19,20)12-3-1-2-10(6-12)15-13(14-4-5-21-9-22-14)7-11-8-23-25-16(11)24-15/h1-9H,(H,23,24,25). The molecule has 0 spiro atoms. The maximum Gasteiger partial charge on any atom is 0.416 e. The van der Waals surface area contributed by atoms with Gasteiger partial charge in [0.15, 0.2) is 5.65 Å². The fourth-order valence-corrected chi connectivity index (χ4v) is 2.59. The van der Waals surface area contributed by atoms with E-state index in [1.807, 2.05) is 0 Å². The number of hydrogen-bond acceptors (Lipinski definition) is 4. The predicted octanol–water partition coefficient (Wildman–Crippen LogP) is 4.10. The highest BCUT2D eigenvalue weighted by atomic mass is 19.4. The Hall–Kier alpha value is -3.29. The molecule has 0 atom stereocenters. The van der Waals surface area contributed by atoms with Crippen LogP contribution in [0.2, 0.25) is 0 Å². The Kier molecular flexibility index (Phi) is 3.45. The summed E-state index contributed by atoms with van der Waals surface area (Å²) in [4.78, 5) is 12.5. The van der Waals surface area contributed by atoms with Crippen LogP contribution in [0.1, 0.15) is 5.56 Å². The van der Waals surface area contributed by atoms with E-state index < -0.39 is 11.7 Å². The molecule has 0 bridgehead atoms. The number of halogens is 3. The molecule has 0 saturated carbocycles. The largest absolute Gasteiger partial charge is 0.416 e. The average Bonchev–Trinajstić information content (AvgIpc) is 3.08. The lowest BCUT2D eigenvalue weighted by Gasteiger charge is -2.11. The number of rotatable bonds is 2. The molecule has 1 aromatic carbocycles. The maximum atomic E-state index is 13.1. The van der Waals surface area contributed by atoms with Crippen molar-refractivity contribution in [3.05, 3.63) is 60.7 Å². The Balaban J connectivity index is 1.97. The molecule has 25 heavy (non-hydrogen) atoms. The topological polar surface area (TPSA) is 67.3 Å². The second kappa shape index (κ2) is 5.66. The molecule has 4 rings (SSSR count). The van der Waals surface area contributed by atoms with E-state index in [-0.39, 0.29) is 0 Å². The van der Waals surface area contributed by atoms with Gasteiger partial charge in [0.05, 0.1) is 23.1 Å². The summed E-state index contributed by atoms with van der Waals surface area (Å²) in [7, 11) is 0. The van der Waals surface area contributed by atoms with Crippen molar-refractivity contribution in [1.82, 2.24) is 25.1 Å². The van der Waals surface area contributed by atoms with Crippen LogP contribution in [0.5, 0.6) is 0 Å². The van der Waals surface area contributed by atoms with Crippen molar-refractivity contribution in [1.29, 1.82) is 0 Å². The highest BCUT2D eigenvalue weighted by molar-refractivity contribution is 5.88. The van der Waals surface area contributed by atoms with Gasteiger partial charge in [0.2, 0.25) is 0 Å². The van der Waals surface area contributed by atoms with E-state index in [0.29, 0.717) is 28.2 Å². The minimum Gasteiger partial charge on any atom is -0.261 e. The summed E-state index contributed by atoms with van der Waals surface area (Å²) in [6.07, 6.45) is 0.120. The van der Waals surface area contributed by atoms with Gasteiger partial charge >= 0.3 is 6.18 Å². The van der Waals surface area contributed by atoms with Crippen molar-refractivity contribution in [2.75, 3.05) is 0 Å². The SMILES string of the molecule is FC(F)(F)c1cccc(-c2nc3[nH]ncc3cc2-c2ccncn2)c1. The summed E-state index contributed by atoms with van der Waals surface area (Å²) in [5, 5.41) is 7.40. The number of fused-ring (bicyclic) bond motifs is 1. The molecular formula is C17H10F3N5. The van der Waals surface area contributed by atoms with Crippen LogP contribution < -0.4 is 0 Å². The lowest BCUT2D eigenvalue weighted by atomic mass is 10.0. The summed E-state index contributed by atoms with van der Waals surface area (Å²) in [5.41, 5.74) is 1.67. The van der Waals surface area contributed by atoms with E-state index >= 15 is 0 Å². The van der Waals surface area contributed by atoms with Crippen LogP contribution in [0.15, 0.2) is 55.1 Å². The van der Waals surface area contributed by atoms with Crippen LogP contribution in [0.3, 0.4) is 0 Å². The normalized spacial score (nSPS) is 11.8. The van der Waals surface area contributed by atoms with Crippen molar-refractivity contribution >= 4 is 11.0 Å². The molecule has 8 heteroatoms. The summed E-state index contributed by atoms with van der Waals surface area (Å²) in [5.74, 6) is 0. The number of nitrogens with one attached hydrogen (secondary N) is 1. The number of alkyl halides is 3. The zero-order valence-corrected chi connectivity index (χ0v) is 12.6. The van der Waals surface area contributed by atoms with Gasteiger partial charge in [-0.05, 0) is 24.3 Å². The van der Waals surface area contributed by atoms with E-state index in [1.165, 1.54) is 12.4 Å². The molecule has 5 nitrogen and oxygen atoms in total. The fourth-order valence-electron chi connectivity index (χ4n) is 2.59. The highest BCUT2D eigenvalue weighted by Crippen LogP contribution is 2.35. The van der Waals surface area contributed by atoms with Gasteiger partial charge in [0.1, 0.15) is 6.33 Å². The third-order valence-corrected chi connectivity index (χ3v) is 3.75. The first kappa shape index (κ1) is 15.3. The van der Waals surface area contributed by atoms with Crippen LogP contribution in [-0.2, 0) is 6.18 Å². The number of hydrogen-bond donors (Lipinski definition) is 1. The highest BCUT2D eigenvalue weighted by Gasteiger charge is 2.30. The molecule has 0 amide bonds. The molecule has 0 saturated heterocycles. The first-order valence-corrected chi connectivity index (χ1v) is 7.30. The van der Waals surface area contributed by atoms with Gasteiger partial charge in [-0.2, -0.15) is 18.3 Å². The van der Waals surface area contributed by atoms with Crippen LogP contribution in [0, 0.1) is 0 Å². The van der Waals surface area contributed by atoms with Gasteiger partial charge in [-0.15, -0.1) is 0 Å². The number of benzene rings is 1. The molecule has 4 aromatic rings. The van der Waals surface area contributed by atoms with Gasteiger partial charge in [-0.25, -0.2) is 15.0 Å². The van der Waals surface area contributed by atoms with E-state index in [0.717, 1.165) is 17.5 Å². The van der Waals surface area contributed by atoms with Gasteiger partial charge in [0, 0.05) is 22.7 Å². The zero-order chi connectivity index (χ0) is 17.4. The van der Waals surface area contributed by atoms with Gasteiger partial charge in [-0.3, -0.25) is 5.10 Å². The summed E-state index contributed by atoms with van der Waals surface area (Å²) in [6.45, 7) is 0. The molecule has 0 unspecified atom stereocenters.